The SMILES string of the molecule is FC(F)(F)Sc1ccc2c(c1)C1OCCCC1[C@H](c1ccsc1)N2. The molecule has 1 aromatic heterocycles. The number of thiophene rings is 1. The minimum atomic E-state index is -4.28. The lowest BCUT2D eigenvalue weighted by Crippen LogP contribution is -2.35. The zero-order valence-corrected chi connectivity index (χ0v) is 14.3. The normalized spacial score (nSPS) is 26.4. The molecule has 24 heavy (non-hydrogen) atoms. The summed E-state index contributed by atoms with van der Waals surface area (Å²) in [6.45, 7) is 0.660. The largest absolute Gasteiger partial charge is 0.446 e. The predicted octanol–water partition coefficient (Wildman–Crippen LogP) is 5.99. The number of hydrogen-bond acceptors (Lipinski definition) is 4. The maximum atomic E-state index is 12.7. The molecule has 128 valence electrons. The first-order chi connectivity index (χ1) is 11.5. The van der Waals surface area contributed by atoms with Crippen LogP contribution < -0.4 is 5.32 Å². The summed E-state index contributed by atoms with van der Waals surface area (Å²) < 4.78 is 44.0. The molecule has 3 heterocycles. The van der Waals surface area contributed by atoms with Gasteiger partial charge in [0.15, 0.2) is 0 Å². The van der Waals surface area contributed by atoms with Crippen LogP contribution in [0.4, 0.5) is 18.9 Å². The summed E-state index contributed by atoms with van der Waals surface area (Å²) >= 11 is 1.58. The highest BCUT2D eigenvalue weighted by atomic mass is 32.2. The Bertz CT molecular complexity index is 717. The van der Waals surface area contributed by atoms with E-state index in [2.05, 4.69) is 16.8 Å². The number of nitrogens with one attached hydrogen (secondary N) is 1. The van der Waals surface area contributed by atoms with Gasteiger partial charge in [-0.1, -0.05) is 0 Å². The van der Waals surface area contributed by atoms with Crippen LogP contribution in [-0.4, -0.2) is 12.1 Å². The lowest BCUT2D eigenvalue weighted by atomic mass is 9.78. The highest BCUT2D eigenvalue weighted by Gasteiger charge is 2.40. The molecule has 0 amide bonds. The Morgan fingerprint density at radius 2 is 2.12 bits per heavy atom. The smallest absolute Gasteiger partial charge is 0.378 e. The third-order valence-corrected chi connectivity index (χ3v) is 6.00. The quantitative estimate of drug-likeness (QED) is 0.655. The lowest BCUT2D eigenvalue weighted by Gasteiger charge is -2.43. The standard InChI is InChI=1S/C17H16F3NOS2/c18-17(19,20)24-11-3-4-14-13(8-11)16-12(2-1-6-22-16)15(21-14)10-5-7-23-9-10/h3-5,7-9,12,15-16,21H,1-2,6H2/t12?,15-,16?/m0/s1. The summed E-state index contributed by atoms with van der Waals surface area (Å²) in [6, 6.07) is 7.16. The minimum Gasteiger partial charge on any atom is -0.378 e. The van der Waals surface area contributed by atoms with E-state index in [9.17, 15) is 13.2 Å². The Hall–Kier alpha value is -1.18. The van der Waals surface area contributed by atoms with E-state index in [0.717, 1.165) is 24.1 Å². The van der Waals surface area contributed by atoms with Crippen LogP contribution in [-0.2, 0) is 4.74 Å². The van der Waals surface area contributed by atoms with E-state index in [-0.39, 0.29) is 34.7 Å². The molecule has 7 heteroatoms. The van der Waals surface area contributed by atoms with Crippen molar-refractivity contribution in [2.45, 2.75) is 35.4 Å². The van der Waals surface area contributed by atoms with E-state index in [1.54, 1.807) is 23.5 Å². The molecule has 0 saturated carbocycles. The van der Waals surface area contributed by atoms with Gasteiger partial charge in [0.2, 0.25) is 0 Å². The number of fused-ring (bicyclic) bond motifs is 3. The number of alkyl halides is 3. The fourth-order valence-corrected chi connectivity index (χ4v) is 4.91. The first-order valence-electron chi connectivity index (χ1n) is 7.81. The van der Waals surface area contributed by atoms with Crippen molar-refractivity contribution < 1.29 is 17.9 Å². The van der Waals surface area contributed by atoms with Gasteiger partial charge in [0.1, 0.15) is 0 Å². The molecule has 0 bridgehead atoms. The molecular formula is C17H16F3NOS2. The molecule has 1 fully saturated rings. The molecule has 0 spiro atoms. The van der Waals surface area contributed by atoms with Gasteiger partial charge in [0, 0.05) is 28.7 Å². The van der Waals surface area contributed by atoms with Crippen LogP contribution in [0.2, 0.25) is 0 Å². The molecule has 2 nitrogen and oxygen atoms in total. The van der Waals surface area contributed by atoms with Crippen molar-refractivity contribution in [2.75, 3.05) is 11.9 Å². The fourth-order valence-electron chi connectivity index (χ4n) is 3.63. The number of thioether (sulfide) groups is 1. The summed E-state index contributed by atoms with van der Waals surface area (Å²) in [5.41, 5.74) is -1.33. The number of hydrogen-bond donors (Lipinski definition) is 1. The molecule has 2 aliphatic rings. The van der Waals surface area contributed by atoms with Crippen molar-refractivity contribution in [3.8, 4) is 0 Å². The van der Waals surface area contributed by atoms with Crippen LogP contribution in [0.3, 0.4) is 0 Å². The first-order valence-corrected chi connectivity index (χ1v) is 9.57. The third kappa shape index (κ3) is 3.17. The van der Waals surface area contributed by atoms with E-state index >= 15 is 0 Å². The Balaban J connectivity index is 1.71. The average molecular weight is 371 g/mol. The van der Waals surface area contributed by atoms with Crippen LogP contribution in [0.5, 0.6) is 0 Å². The van der Waals surface area contributed by atoms with Gasteiger partial charge in [-0.25, -0.2) is 0 Å². The van der Waals surface area contributed by atoms with Crippen molar-refractivity contribution in [1.82, 2.24) is 0 Å². The number of benzene rings is 1. The average Bonchev–Trinajstić information content (AvgIpc) is 3.07. The van der Waals surface area contributed by atoms with E-state index in [1.807, 2.05) is 5.38 Å². The molecule has 1 aromatic carbocycles. The summed E-state index contributed by atoms with van der Waals surface area (Å²) in [5, 5.41) is 7.70. The van der Waals surface area contributed by atoms with E-state index < -0.39 is 5.51 Å². The lowest BCUT2D eigenvalue weighted by molar-refractivity contribution is -0.0384. The second-order valence-corrected chi connectivity index (χ2v) is 7.99. The Kier molecular flexibility index (Phi) is 4.26. The second-order valence-electron chi connectivity index (χ2n) is 6.07. The second kappa shape index (κ2) is 6.28. The number of halogens is 3. The molecule has 2 aromatic rings. The van der Waals surface area contributed by atoms with Gasteiger partial charge in [-0.3, -0.25) is 0 Å². The molecule has 0 aliphatic carbocycles. The maximum absolute atomic E-state index is 12.7. The number of rotatable bonds is 2. The molecule has 0 radical (unpaired) electrons. The first kappa shape index (κ1) is 16.3. The summed E-state index contributed by atoms with van der Waals surface area (Å²) in [4.78, 5) is 0.213. The number of anilines is 1. The van der Waals surface area contributed by atoms with Gasteiger partial charge in [0.25, 0.3) is 0 Å². The van der Waals surface area contributed by atoms with E-state index in [1.165, 1.54) is 11.6 Å². The summed E-state index contributed by atoms with van der Waals surface area (Å²) in [6.07, 6.45) is 1.85. The van der Waals surface area contributed by atoms with Crippen molar-refractivity contribution in [3.63, 3.8) is 0 Å². The third-order valence-electron chi connectivity index (χ3n) is 4.57. The van der Waals surface area contributed by atoms with Crippen LogP contribution in [0, 0.1) is 5.92 Å². The van der Waals surface area contributed by atoms with Gasteiger partial charge in [-0.2, -0.15) is 24.5 Å². The van der Waals surface area contributed by atoms with Gasteiger partial charge < -0.3 is 10.1 Å². The van der Waals surface area contributed by atoms with Gasteiger partial charge >= 0.3 is 5.51 Å². The monoisotopic (exact) mass is 371 g/mol. The van der Waals surface area contributed by atoms with Crippen molar-refractivity contribution in [1.29, 1.82) is 0 Å². The fraction of sp³-hybridized carbons (Fsp3) is 0.412. The van der Waals surface area contributed by atoms with Crippen molar-refractivity contribution in [2.24, 2.45) is 5.92 Å². The van der Waals surface area contributed by atoms with E-state index in [4.69, 9.17) is 4.74 Å². The minimum absolute atomic E-state index is 0.0702. The molecule has 1 N–H and O–H groups in total. The summed E-state index contributed by atoms with van der Waals surface area (Å²) in [5.74, 6) is 0.243. The van der Waals surface area contributed by atoms with Crippen molar-refractivity contribution in [3.05, 3.63) is 46.2 Å². The molecule has 1 saturated heterocycles. The summed E-state index contributed by atoms with van der Waals surface area (Å²) in [7, 11) is 0. The molecule has 3 atom stereocenters. The Morgan fingerprint density at radius 1 is 1.25 bits per heavy atom. The van der Waals surface area contributed by atoms with Gasteiger partial charge in [0.05, 0.1) is 12.1 Å². The van der Waals surface area contributed by atoms with Crippen LogP contribution >= 0.6 is 23.1 Å². The maximum Gasteiger partial charge on any atom is 0.446 e. The molecule has 2 aliphatic heterocycles. The zero-order chi connectivity index (χ0) is 16.7. The van der Waals surface area contributed by atoms with Gasteiger partial charge in [-0.15, -0.1) is 0 Å². The predicted molar refractivity (Wildman–Crippen MR) is 90.5 cm³/mol. The Morgan fingerprint density at radius 3 is 2.88 bits per heavy atom. The molecule has 2 unspecified atom stereocenters. The molecular weight excluding hydrogens is 355 g/mol. The molecule has 4 rings (SSSR count). The highest BCUT2D eigenvalue weighted by molar-refractivity contribution is 8.00. The number of ether oxygens (including phenoxy) is 1. The van der Waals surface area contributed by atoms with Crippen LogP contribution in [0.1, 0.15) is 36.1 Å². The highest BCUT2D eigenvalue weighted by Crippen LogP contribution is 2.50. The zero-order valence-electron chi connectivity index (χ0n) is 12.7. The van der Waals surface area contributed by atoms with E-state index in [0.29, 0.717) is 6.61 Å². The van der Waals surface area contributed by atoms with Crippen LogP contribution in [0.25, 0.3) is 0 Å². The van der Waals surface area contributed by atoms with Gasteiger partial charge in [-0.05, 0) is 65.2 Å². The van der Waals surface area contributed by atoms with Crippen molar-refractivity contribution >= 4 is 28.8 Å². The van der Waals surface area contributed by atoms with Crippen LogP contribution in [0.15, 0.2) is 39.9 Å². The topological polar surface area (TPSA) is 21.3 Å². The Labute approximate surface area is 146 Å².